The quantitative estimate of drug-likeness (QED) is 0.468. The predicted molar refractivity (Wildman–Crippen MR) is 127 cm³/mol. The van der Waals surface area contributed by atoms with E-state index in [0.717, 1.165) is 6.08 Å². The van der Waals surface area contributed by atoms with E-state index in [9.17, 15) is 27.6 Å². The van der Waals surface area contributed by atoms with E-state index in [0.29, 0.717) is 4.60 Å². The lowest BCUT2D eigenvalue weighted by Crippen LogP contribution is -2.51. The van der Waals surface area contributed by atoms with E-state index in [1.807, 2.05) is 0 Å². The summed E-state index contributed by atoms with van der Waals surface area (Å²) in [5.74, 6) is -3.60. The van der Waals surface area contributed by atoms with Crippen LogP contribution in [0.15, 0.2) is 40.1 Å². The number of carbonyl (C=O) groups excluding carboxylic acids is 3. The molecule has 192 valence electrons. The molecule has 2 aromatic rings. The van der Waals surface area contributed by atoms with Gasteiger partial charge in [-0.05, 0) is 52.2 Å². The van der Waals surface area contributed by atoms with E-state index in [2.05, 4.69) is 36.6 Å². The highest BCUT2D eigenvalue weighted by molar-refractivity contribution is 9.10. The van der Waals surface area contributed by atoms with Crippen LogP contribution in [0.5, 0.6) is 0 Å². The Bertz CT molecular complexity index is 1290. The number of rotatable bonds is 6. The lowest BCUT2D eigenvalue weighted by molar-refractivity contribution is -0.133. The van der Waals surface area contributed by atoms with Gasteiger partial charge in [-0.1, -0.05) is 43.1 Å². The predicted octanol–water partition coefficient (Wildman–Crippen LogP) is 4.55. The lowest BCUT2D eigenvalue weighted by atomic mass is 10.1. The first kappa shape index (κ1) is 26.6. The number of amides is 3. The molecule has 36 heavy (non-hydrogen) atoms. The Morgan fingerprint density at radius 3 is 2.53 bits per heavy atom. The van der Waals surface area contributed by atoms with E-state index >= 15 is 0 Å². The highest BCUT2D eigenvalue weighted by Gasteiger charge is 2.62. The van der Waals surface area contributed by atoms with Crippen molar-refractivity contribution < 1.29 is 27.6 Å². The van der Waals surface area contributed by atoms with Gasteiger partial charge in [-0.3, -0.25) is 19.7 Å². The minimum absolute atomic E-state index is 0.0446. The third kappa shape index (κ3) is 5.03. The number of allylic oxidation sites excluding steroid dienone is 2. The number of hydrogen-bond acceptors (Lipinski definition) is 5. The van der Waals surface area contributed by atoms with Crippen molar-refractivity contribution in [3.05, 3.63) is 50.8 Å². The lowest BCUT2D eigenvalue weighted by Gasteiger charge is -2.17. The van der Waals surface area contributed by atoms with E-state index in [4.69, 9.17) is 23.2 Å². The first-order valence-corrected chi connectivity index (χ1v) is 12.2. The Labute approximate surface area is 221 Å². The molecule has 8 nitrogen and oxygen atoms in total. The fourth-order valence-corrected chi connectivity index (χ4v) is 4.79. The van der Waals surface area contributed by atoms with Gasteiger partial charge in [-0.25, -0.2) is 9.67 Å². The van der Waals surface area contributed by atoms with Crippen LogP contribution < -0.4 is 10.6 Å². The molecule has 2 aromatic heterocycles. The number of halogens is 6. The Balaban J connectivity index is 1.46. The summed E-state index contributed by atoms with van der Waals surface area (Å²) in [4.78, 5) is 42.9. The molecule has 0 saturated heterocycles. The Hall–Kier alpha value is -2.44. The first-order valence-electron chi connectivity index (χ1n) is 10.7. The summed E-state index contributed by atoms with van der Waals surface area (Å²) >= 11 is 14.7. The summed E-state index contributed by atoms with van der Waals surface area (Å²) in [7, 11) is 0. The average molecular weight is 609 g/mol. The topological polar surface area (TPSA) is 106 Å². The maximum Gasteiger partial charge on any atom is 0.426 e. The van der Waals surface area contributed by atoms with E-state index in [1.54, 1.807) is 26.0 Å². The second-order valence-corrected chi connectivity index (χ2v) is 10.9. The number of carbonyl (C=O) groups is 3. The summed E-state index contributed by atoms with van der Waals surface area (Å²) < 4.78 is 39.9. The number of hydrogen-bond donors (Lipinski definition) is 2. The van der Waals surface area contributed by atoms with Crippen molar-refractivity contribution in [2.24, 2.45) is 17.3 Å². The maximum absolute atomic E-state index is 13.1. The number of imide groups is 1. The van der Waals surface area contributed by atoms with Crippen LogP contribution in [0.3, 0.4) is 0 Å². The molecule has 0 spiro atoms. The molecule has 2 saturated carbocycles. The average Bonchev–Trinajstić information content (AvgIpc) is 3.61. The molecule has 3 amide bonds. The van der Waals surface area contributed by atoms with Crippen molar-refractivity contribution in [1.29, 1.82) is 0 Å². The first-order chi connectivity index (χ1) is 16.7. The van der Waals surface area contributed by atoms with Crippen LogP contribution in [0.2, 0.25) is 5.02 Å². The van der Waals surface area contributed by atoms with Gasteiger partial charge in [-0.15, -0.1) is 0 Å². The molecular weight excluding hydrogens is 590 g/mol. The zero-order valence-corrected chi connectivity index (χ0v) is 21.9. The Morgan fingerprint density at radius 2 is 1.94 bits per heavy atom. The highest BCUT2D eigenvalue weighted by atomic mass is 79.9. The molecule has 0 aromatic carbocycles. The normalized spacial score (nSPS) is 22.1. The molecule has 2 aliphatic carbocycles. The minimum atomic E-state index is -4.72. The number of pyridine rings is 1. The summed E-state index contributed by atoms with van der Waals surface area (Å²) in [6.45, 7) is 3.22. The van der Waals surface area contributed by atoms with Crippen LogP contribution in [-0.4, -0.2) is 44.2 Å². The van der Waals surface area contributed by atoms with Crippen molar-refractivity contribution in [2.45, 2.75) is 38.4 Å². The van der Waals surface area contributed by atoms with E-state index < -0.39 is 51.7 Å². The second kappa shape index (κ2) is 9.14. The summed E-state index contributed by atoms with van der Waals surface area (Å²) in [6, 6.07) is 4.61. The molecular formula is C22H19BrCl2F3N5O3. The van der Waals surface area contributed by atoms with Crippen LogP contribution in [0.4, 0.5) is 13.2 Å². The Morgan fingerprint density at radius 1 is 1.28 bits per heavy atom. The van der Waals surface area contributed by atoms with Crippen LogP contribution in [0, 0.1) is 17.3 Å². The number of aromatic nitrogens is 3. The molecule has 2 heterocycles. The second-order valence-electron chi connectivity index (χ2n) is 9.26. The highest BCUT2D eigenvalue weighted by Crippen LogP contribution is 2.60. The van der Waals surface area contributed by atoms with Crippen molar-refractivity contribution in [2.75, 3.05) is 0 Å². The standard InChI is InChI=1S/C22H19BrCl2F3N5O3/c1-20(2)10(8-13(25)22(26,27)28)15(20)18(35)30-19(36)21(5-6-21)31-17(34)12-9-14(23)32-33(12)16-11(24)4-3-7-29-16/h3-4,7-10,15H,5-6H2,1-2H3,(H,31,34)(H,30,35,36). The van der Waals surface area contributed by atoms with Gasteiger partial charge in [-0.2, -0.15) is 18.3 Å². The minimum Gasteiger partial charge on any atom is -0.336 e. The molecule has 14 heteroatoms. The van der Waals surface area contributed by atoms with Gasteiger partial charge in [0, 0.05) is 12.3 Å². The zero-order valence-electron chi connectivity index (χ0n) is 18.8. The molecule has 0 bridgehead atoms. The van der Waals surface area contributed by atoms with Crippen molar-refractivity contribution in [3.8, 4) is 5.82 Å². The fourth-order valence-electron chi connectivity index (χ4n) is 4.07. The SMILES string of the molecule is CC1(C)C(C=C(Cl)C(F)(F)F)C1C(=O)NC(=O)C1(NC(=O)c2cc(Br)nn2-c2ncccc2Cl)CC1. The molecule has 2 fully saturated rings. The smallest absolute Gasteiger partial charge is 0.336 e. The third-order valence-corrected chi connectivity index (χ3v) is 7.44. The van der Waals surface area contributed by atoms with Crippen LogP contribution in [0.25, 0.3) is 5.82 Å². The van der Waals surface area contributed by atoms with Crippen LogP contribution >= 0.6 is 39.1 Å². The zero-order chi connectivity index (χ0) is 26.6. The van der Waals surface area contributed by atoms with E-state index in [-0.39, 0.29) is 29.4 Å². The molecule has 2 atom stereocenters. The monoisotopic (exact) mass is 607 g/mol. The largest absolute Gasteiger partial charge is 0.426 e. The van der Waals surface area contributed by atoms with E-state index in [1.165, 1.54) is 16.9 Å². The summed E-state index contributed by atoms with van der Waals surface area (Å²) in [5.41, 5.74) is -2.12. The van der Waals surface area contributed by atoms with Gasteiger partial charge >= 0.3 is 6.18 Å². The van der Waals surface area contributed by atoms with Gasteiger partial charge in [0.25, 0.3) is 11.8 Å². The molecule has 0 aliphatic heterocycles. The van der Waals surface area contributed by atoms with Crippen molar-refractivity contribution >= 4 is 56.9 Å². The van der Waals surface area contributed by atoms with Crippen molar-refractivity contribution in [3.63, 3.8) is 0 Å². The maximum atomic E-state index is 13.1. The number of nitrogens with one attached hydrogen (secondary N) is 2. The molecule has 2 aliphatic rings. The van der Waals surface area contributed by atoms with Gasteiger partial charge in [0.2, 0.25) is 5.91 Å². The van der Waals surface area contributed by atoms with Crippen LogP contribution in [-0.2, 0) is 9.59 Å². The molecule has 2 unspecified atom stereocenters. The third-order valence-electron chi connectivity index (χ3n) is 6.42. The summed E-state index contributed by atoms with van der Waals surface area (Å²) in [5, 5.41) is 7.99. The molecule has 0 radical (unpaired) electrons. The van der Waals surface area contributed by atoms with Crippen molar-refractivity contribution in [1.82, 2.24) is 25.4 Å². The summed E-state index contributed by atoms with van der Waals surface area (Å²) in [6.07, 6.45) is -1.90. The van der Waals surface area contributed by atoms with Gasteiger partial charge < -0.3 is 5.32 Å². The van der Waals surface area contributed by atoms with Gasteiger partial charge in [0.15, 0.2) is 5.82 Å². The fraction of sp³-hybridized carbons (Fsp3) is 0.409. The number of alkyl halides is 3. The van der Waals surface area contributed by atoms with Crippen LogP contribution in [0.1, 0.15) is 37.2 Å². The Kier molecular flexibility index (Phi) is 6.76. The van der Waals surface area contributed by atoms with Gasteiger partial charge in [0.1, 0.15) is 20.9 Å². The number of nitrogens with zero attached hydrogens (tertiary/aromatic N) is 3. The molecule has 4 rings (SSSR count). The molecule has 2 N–H and O–H groups in total. The van der Waals surface area contributed by atoms with Gasteiger partial charge in [0.05, 0.1) is 10.9 Å².